The molecule has 36 heavy (non-hydrogen) atoms. The molecule has 0 aliphatic rings. The Balaban J connectivity index is 1.80. The highest BCUT2D eigenvalue weighted by Crippen LogP contribution is 2.33. The van der Waals surface area contributed by atoms with E-state index in [-0.39, 0.29) is 17.0 Å². The molecule has 0 bridgehead atoms. The standard InChI is InChI=1S/C27H24F2N4O2S/c1-6-9-36(5,35)33-22-8-7-21(28)23(24(22)29)26(34)20-14-32-27-19(20)12-18(13-31-27)17-10-15(2)25(30-4)16(3)11-17/h7-8,10-14H,5-6,9H2,1-3H3,(H,31,32)(H,33,35). The maximum absolute atomic E-state index is 15.3. The van der Waals surface area contributed by atoms with Crippen molar-refractivity contribution >= 4 is 43.8 Å². The Morgan fingerprint density at radius 3 is 2.53 bits per heavy atom. The predicted molar refractivity (Wildman–Crippen MR) is 141 cm³/mol. The molecule has 0 fully saturated rings. The molecule has 2 aromatic carbocycles. The number of hydrogen-bond acceptors (Lipinski definition) is 3. The third kappa shape index (κ3) is 4.60. The second-order valence-electron chi connectivity index (χ2n) is 8.62. The van der Waals surface area contributed by atoms with Gasteiger partial charge in [-0.2, -0.15) is 0 Å². The number of nitrogens with zero attached hydrogens (tertiary/aromatic N) is 2. The van der Waals surface area contributed by atoms with Gasteiger partial charge in [0.15, 0.2) is 11.5 Å². The number of H-pyrrole nitrogens is 1. The molecule has 0 saturated heterocycles. The van der Waals surface area contributed by atoms with Crippen LogP contribution in [0.4, 0.5) is 20.2 Å². The van der Waals surface area contributed by atoms with Gasteiger partial charge in [0.25, 0.3) is 0 Å². The molecular formula is C27H24F2N4O2S. The van der Waals surface area contributed by atoms with Crippen LogP contribution in [0.25, 0.3) is 27.0 Å². The molecule has 4 aromatic rings. The first-order valence-electron chi connectivity index (χ1n) is 11.2. The van der Waals surface area contributed by atoms with Crippen molar-refractivity contribution in [3.05, 3.63) is 88.0 Å². The van der Waals surface area contributed by atoms with Crippen LogP contribution in [0.5, 0.6) is 0 Å². The fourth-order valence-corrected chi connectivity index (χ4v) is 5.52. The first-order valence-corrected chi connectivity index (χ1v) is 13.1. The van der Waals surface area contributed by atoms with Crippen molar-refractivity contribution in [2.45, 2.75) is 27.2 Å². The monoisotopic (exact) mass is 506 g/mol. The lowest BCUT2D eigenvalue weighted by Crippen LogP contribution is -2.18. The molecule has 2 heterocycles. The molecular weight excluding hydrogens is 482 g/mol. The van der Waals surface area contributed by atoms with Crippen LogP contribution in [0.2, 0.25) is 0 Å². The number of halogens is 2. The van der Waals surface area contributed by atoms with Gasteiger partial charge in [0.1, 0.15) is 11.5 Å². The molecule has 0 aliphatic heterocycles. The number of nitrogens with one attached hydrogen (secondary N) is 2. The largest absolute Gasteiger partial charge is 0.345 e. The average Bonchev–Trinajstić information content (AvgIpc) is 3.24. The summed E-state index contributed by atoms with van der Waals surface area (Å²) in [6, 6.07) is 7.51. The fraction of sp³-hybridized carbons (Fsp3) is 0.185. The number of benzene rings is 2. The Kier molecular flexibility index (Phi) is 6.65. The number of rotatable bonds is 7. The summed E-state index contributed by atoms with van der Waals surface area (Å²) < 4.78 is 45.1. The van der Waals surface area contributed by atoms with Crippen LogP contribution in [0.15, 0.2) is 42.7 Å². The van der Waals surface area contributed by atoms with Gasteiger partial charge in [0, 0.05) is 44.4 Å². The van der Waals surface area contributed by atoms with Crippen molar-refractivity contribution in [3.8, 4) is 11.1 Å². The van der Waals surface area contributed by atoms with Crippen molar-refractivity contribution in [1.29, 1.82) is 0 Å². The molecule has 0 saturated carbocycles. The zero-order chi connectivity index (χ0) is 26.2. The first kappa shape index (κ1) is 25.1. The molecule has 2 aromatic heterocycles. The Hall–Kier alpha value is -4.03. The van der Waals surface area contributed by atoms with E-state index in [1.807, 2.05) is 32.9 Å². The topological polar surface area (TPSA) is 79.2 Å². The highest BCUT2D eigenvalue weighted by atomic mass is 32.2. The van der Waals surface area contributed by atoms with Crippen LogP contribution < -0.4 is 4.72 Å². The Labute approximate surface area is 208 Å². The van der Waals surface area contributed by atoms with E-state index < -0.39 is 32.7 Å². The van der Waals surface area contributed by atoms with E-state index in [0.717, 1.165) is 28.8 Å². The second kappa shape index (κ2) is 9.55. The van der Waals surface area contributed by atoms with Crippen molar-refractivity contribution in [2.24, 2.45) is 0 Å². The molecule has 4 rings (SSSR count). The van der Waals surface area contributed by atoms with Gasteiger partial charge in [0.05, 0.1) is 17.8 Å². The fourth-order valence-electron chi connectivity index (χ4n) is 4.20. The van der Waals surface area contributed by atoms with Crippen molar-refractivity contribution in [3.63, 3.8) is 0 Å². The Bertz CT molecular complexity index is 1640. The van der Waals surface area contributed by atoms with Gasteiger partial charge in [-0.3, -0.25) is 4.79 Å². The first-order chi connectivity index (χ1) is 17.1. The lowest BCUT2D eigenvalue weighted by Gasteiger charge is -2.14. The van der Waals surface area contributed by atoms with Gasteiger partial charge in [-0.15, -0.1) is 0 Å². The molecule has 0 radical (unpaired) electrons. The van der Waals surface area contributed by atoms with E-state index >= 15 is 4.39 Å². The molecule has 0 amide bonds. The third-order valence-electron chi connectivity index (χ3n) is 5.86. The highest BCUT2D eigenvalue weighted by Gasteiger charge is 2.25. The van der Waals surface area contributed by atoms with Crippen LogP contribution in [-0.4, -0.2) is 31.6 Å². The maximum atomic E-state index is 15.3. The van der Waals surface area contributed by atoms with E-state index in [1.54, 1.807) is 12.3 Å². The number of carbonyl (C=O) groups is 1. The van der Waals surface area contributed by atoms with Gasteiger partial charge >= 0.3 is 0 Å². The Morgan fingerprint density at radius 2 is 1.89 bits per heavy atom. The summed E-state index contributed by atoms with van der Waals surface area (Å²) in [7, 11) is -2.86. The molecule has 2 N–H and O–H groups in total. The SMILES string of the molecule is [C-]#[N+]c1c(C)cc(-c2cnc3[nH]cc(C(=O)c4c(F)ccc(NS(=C)(=O)CCC)c4F)c3c2)cc1C. The molecule has 0 aliphatic carbocycles. The number of fused-ring (bicyclic) bond motifs is 1. The van der Waals surface area contributed by atoms with Crippen LogP contribution in [0.1, 0.15) is 40.4 Å². The average molecular weight is 507 g/mol. The number of ketones is 1. The number of carbonyl (C=O) groups excluding carboxylic acids is 1. The van der Waals surface area contributed by atoms with Gasteiger partial charge in [-0.25, -0.2) is 22.8 Å². The summed E-state index contributed by atoms with van der Waals surface area (Å²) in [5.41, 5.74) is 3.10. The minimum atomic E-state index is -2.86. The number of pyridine rings is 1. The van der Waals surface area contributed by atoms with E-state index in [4.69, 9.17) is 6.57 Å². The molecule has 6 nitrogen and oxygen atoms in total. The quantitative estimate of drug-likeness (QED) is 0.174. The number of hydrogen-bond donors (Lipinski definition) is 2. The van der Waals surface area contributed by atoms with Gasteiger partial charge in [-0.05, 0) is 61.0 Å². The molecule has 9 heteroatoms. The predicted octanol–water partition coefficient (Wildman–Crippen LogP) is 6.36. The van der Waals surface area contributed by atoms with Crippen LogP contribution in [0.3, 0.4) is 0 Å². The van der Waals surface area contributed by atoms with E-state index in [0.29, 0.717) is 28.7 Å². The summed E-state index contributed by atoms with van der Waals surface area (Å²) in [6.07, 6.45) is 3.54. The smallest absolute Gasteiger partial charge is 0.201 e. The maximum Gasteiger partial charge on any atom is 0.201 e. The van der Waals surface area contributed by atoms with E-state index in [2.05, 4.69) is 25.4 Å². The van der Waals surface area contributed by atoms with Crippen molar-refractivity contribution in [2.75, 3.05) is 10.5 Å². The number of aryl methyl sites for hydroxylation is 2. The van der Waals surface area contributed by atoms with Gasteiger partial charge in [-0.1, -0.05) is 19.1 Å². The number of aromatic nitrogens is 2. The second-order valence-corrected chi connectivity index (χ2v) is 10.9. The van der Waals surface area contributed by atoms with Crippen LogP contribution in [0, 0.1) is 32.1 Å². The Morgan fingerprint density at radius 1 is 1.19 bits per heavy atom. The van der Waals surface area contributed by atoms with Crippen molar-refractivity contribution < 1.29 is 17.8 Å². The summed E-state index contributed by atoms with van der Waals surface area (Å²) in [5, 5.41) is 0.395. The summed E-state index contributed by atoms with van der Waals surface area (Å²) in [4.78, 5) is 24.2. The molecule has 1 unspecified atom stereocenters. The van der Waals surface area contributed by atoms with Crippen LogP contribution in [-0.2, 0) is 9.71 Å². The number of aromatic amines is 1. The molecule has 0 spiro atoms. The van der Waals surface area contributed by atoms with E-state index in [9.17, 15) is 13.4 Å². The number of anilines is 1. The zero-order valence-corrected chi connectivity index (χ0v) is 20.9. The van der Waals surface area contributed by atoms with Gasteiger partial charge < -0.3 is 9.71 Å². The normalized spacial score (nSPS) is 12.8. The van der Waals surface area contributed by atoms with Gasteiger partial charge in [0.2, 0.25) is 5.78 Å². The van der Waals surface area contributed by atoms with Crippen molar-refractivity contribution in [1.82, 2.24) is 9.97 Å². The van der Waals surface area contributed by atoms with E-state index in [1.165, 1.54) is 6.20 Å². The minimum absolute atomic E-state index is 0.0458. The lowest BCUT2D eigenvalue weighted by molar-refractivity contribution is 0.103. The van der Waals surface area contributed by atoms with Crippen LogP contribution >= 0.6 is 0 Å². The lowest BCUT2D eigenvalue weighted by atomic mass is 9.97. The molecule has 1 atom stereocenters. The molecule has 184 valence electrons. The highest BCUT2D eigenvalue weighted by molar-refractivity contribution is 8.01. The third-order valence-corrected chi connectivity index (χ3v) is 7.52. The minimum Gasteiger partial charge on any atom is -0.345 e. The summed E-state index contributed by atoms with van der Waals surface area (Å²) >= 11 is 0. The summed E-state index contributed by atoms with van der Waals surface area (Å²) in [5.74, 6) is 0.741. The summed E-state index contributed by atoms with van der Waals surface area (Å²) in [6.45, 7) is 12.8. The zero-order valence-electron chi connectivity index (χ0n) is 20.0.